The summed E-state index contributed by atoms with van der Waals surface area (Å²) < 4.78 is 36.1. The lowest BCUT2D eigenvalue weighted by molar-refractivity contribution is -0.0328. The third kappa shape index (κ3) is 5.30. The lowest BCUT2D eigenvalue weighted by Crippen LogP contribution is -2.07. The second-order valence-electron chi connectivity index (χ2n) is 3.85. The molecule has 0 unspecified atom stereocenters. The summed E-state index contributed by atoms with van der Waals surface area (Å²) in [6.07, 6.45) is 0. The van der Waals surface area contributed by atoms with Gasteiger partial charge in [-0.2, -0.15) is 13.2 Å². The molecule has 0 fully saturated rings. The van der Waals surface area contributed by atoms with Crippen LogP contribution in [0.4, 0.5) is 18.9 Å². The number of rotatable bonds is 4. The predicted molar refractivity (Wildman–Crippen MR) is 61.7 cm³/mol. The molecule has 0 aliphatic rings. The molecule has 90 valence electrons. The van der Waals surface area contributed by atoms with Crippen LogP contribution in [0.2, 0.25) is 0 Å². The molecule has 0 aromatic heterocycles. The Balaban J connectivity index is 2.54. The third-order valence-electron chi connectivity index (χ3n) is 1.80. The van der Waals surface area contributed by atoms with E-state index in [2.05, 4.69) is 19.2 Å². The van der Waals surface area contributed by atoms with E-state index in [0.717, 1.165) is 12.2 Å². The summed E-state index contributed by atoms with van der Waals surface area (Å²) in [5, 5.41) is 3.14. The minimum atomic E-state index is -4.22. The Hall–Kier alpha value is -0.840. The number of hydrogen-bond acceptors (Lipinski definition) is 2. The van der Waals surface area contributed by atoms with Gasteiger partial charge in [0.2, 0.25) is 0 Å². The van der Waals surface area contributed by atoms with Gasteiger partial charge in [0.15, 0.2) is 0 Å². The van der Waals surface area contributed by atoms with Crippen LogP contribution in [0.1, 0.15) is 13.8 Å². The lowest BCUT2D eigenvalue weighted by atomic mass is 10.2. The second kappa shape index (κ2) is 5.48. The first-order chi connectivity index (χ1) is 7.37. The van der Waals surface area contributed by atoms with Crippen LogP contribution in [0.5, 0.6) is 0 Å². The Bertz CT molecular complexity index is 319. The van der Waals surface area contributed by atoms with E-state index >= 15 is 0 Å². The van der Waals surface area contributed by atoms with Gasteiger partial charge < -0.3 is 5.32 Å². The van der Waals surface area contributed by atoms with Gasteiger partial charge in [-0.05, 0) is 41.9 Å². The van der Waals surface area contributed by atoms with Crippen LogP contribution in [0.3, 0.4) is 0 Å². The van der Waals surface area contributed by atoms with Crippen molar-refractivity contribution in [1.29, 1.82) is 0 Å². The fraction of sp³-hybridized carbons (Fsp3) is 0.455. The van der Waals surface area contributed by atoms with Crippen LogP contribution in [0.25, 0.3) is 0 Å². The molecule has 0 bridgehead atoms. The molecule has 0 atom stereocenters. The van der Waals surface area contributed by atoms with Crippen molar-refractivity contribution in [1.82, 2.24) is 0 Å². The summed E-state index contributed by atoms with van der Waals surface area (Å²) >= 11 is -0.0939. The Morgan fingerprint density at radius 3 is 2.19 bits per heavy atom. The molecule has 0 radical (unpaired) electrons. The average Bonchev–Trinajstić information content (AvgIpc) is 2.14. The van der Waals surface area contributed by atoms with Gasteiger partial charge in [0.05, 0.1) is 0 Å². The molecule has 0 spiro atoms. The fourth-order valence-corrected chi connectivity index (χ4v) is 1.64. The van der Waals surface area contributed by atoms with Crippen LogP contribution in [0, 0.1) is 5.92 Å². The highest BCUT2D eigenvalue weighted by molar-refractivity contribution is 8.00. The molecular weight excluding hydrogens is 235 g/mol. The van der Waals surface area contributed by atoms with Gasteiger partial charge in [0.25, 0.3) is 0 Å². The normalized spacial score (nSPS) is 11.9. The summed E-state index contributed by atoms with van der Waals surface area (Å²) in [6.45, 7) is 4.95. The number of nitrogens with one attached hydrogen (secondary N) is 1. The van der Waals surface area contributed by atoms with E-state index in [-0.39, 0.29) is 16.7 Å². The van der Waals surface area contributed by atoms with Crippen molar-refractivity contribution >= 4 is 17.4 Å². The number of hydrogen-bond donors (Lipinski definition) is 1. The minimum Gasteiger partial charge on any atom is -0.385 e. The monoisotopic (exact) mass is 249 g/mol. The van der Waals surface area contributed by atoms with Crippen LogP contribution in [-0.2, 0) is 0 Å². The molecule has 1 aromatic rings. The van der Waals surface area contributed by atoms with Crippen molar-refractivity contribution in [3.63, 3.8) is 0 Å². The van der Waals surface area contributed by atoms with Gasteiger partial charge in [-0.1, -0.05) is 13.8 Å². The zero-order valence-electron chi connectivity index (χ0n) is 9.14. The van der Waals surface area contributed by atoms with Crippen LogP contribution in [-0.4, -0.2) is 12.1 Å². The molecule has 1 N–H and O–H groups in total. The molecule has 0 saturated carbocycles. The maximum absolute atomic E-state index is 12.0. The maximum Gasteiger partial charge on any atom is 0.446 e. The van der Waals surface area contributed by atoms with E-state index < -0.39 is 5.51 Å². The van der Waals surface area contributed by atoms with Crippen LogP contribution in [0.15, 0.2) is 29.2 Å². The molecular formula is C11H14F3NS. The molecule has 0 aliphatic carbocycles. The van der Waals surface area contributed by atoms with Gasteiger partial charge in [-0.3, -0.25) is 0 Å². The zero-order chi connectivity index (χ0) is 12.2. The van der Waals surface area contributed by atoms with Crippen molar-refractivity contribution in [3.05, 3.63) is 24.3 Å². The summed E-state index contributed by atoms with van der Waals surface area (Å²) in [7, 11) is 0. The topological polar surface area (TPSA) is 12.0 Å². The molecule has 5 heteroatoms. The molecule has 16 heavy (non-hydrogen) atoms. The Morgan fingerprint density at radius 1 is 1.19 bits per heavy atom. The molecule has 0 saturated heterocycles. The quantitative estimate of drug-likeness (QED) is 0.795. The number of alkyl halides is 3. The Kier molecular flexibility index (Phi) is 4.53. The summed E-state index contributed by atoms with van der Waals surface area (Å²) in [5.41, 5.74) is -3.37. The fourth-order valence-electron chi connectivity index (χ4n) is 1.10. The van der Waals surface area contributed by atoms with E-state index in [9.17, 15) is 13.2 Å². The van der Waals surface area contributed by atoms with Gasteiger partial charge in [0.1, 0.15) is 0 Å². The van der Waals surface area contributed by atoms with Gasteiger partial charge in [-0.25, -0.2) is 0 Å². The zero-order valence-corrected chi connectivity index (χ0v) is 9.95. The third-order valence-corrected chi connectivity index (χ3v) is 2.54. The van der Waals surface area contributed by atoms with Gasteiger partial charge in [0, 0.05) is 17.1 Å². The molecule has 1 rings (SSSR count). The smallest absolute Gasteiger partial charge is 0.385 e. The number of halogens is 3. The van der Waals surface area contributed by atoms with E-state index in [1.807, 2.05) is 0 Å². The molecule has 1 nitrogen and oxygen atoms in total. The molecule has 0 amide bonds. The van der Waals surface area contributed by atoms with Crippen molar-refractivity contribution in [2.45, 2.75) is 24.3 Å². The first-order valence-corrected chi connectivity index (χ1v) is 5.78. The van der Waals surface area contributed by atoms with Gasteiger partial charge >= 0.3 is 5.51 Å². The van der Waals surface area contributed by atoms with Crippen molar-refractivity contribution in [2.24, 2.45) is 5.92 Å². The average molecular weight is 249 g/mol. The molecule has 0 heterocycles. The Labute approximate surface area is 97.4 Å². The van der Waals surface area contributed by atoms with Crippen molar-refractivity contribution < 1.29 is 13.2 Å². The highest BCUT2D eigenvalue weighted by Gasteiger charge is 2.28. The standard InChI is InChI=1S/C11H14F3NS/c1-8(2)7-15-9-3-5-10(6-4-9)16-11(12,13)14/h3-6,8,15H,7H2,1-2H3. The lowest BCUT2D eigenvalue weighted by Gasteiger charge is -2.10. The van der Waals surface area contributed by atoms with E-state index in [0.29, 0.717) is 5.92 Å². The molecule has 1 aromatic carbocycles. The van der Waals surface area contributed by atoms with E-state index in [4.69, 9.17) is 0 Å². The summed E-state index contributed by atoms with van der Waals surface area (Å²) in [5.74, 6) is 0.504. The van der Waals surface area contributed by atoms with E-state index in [1.165, 1.54) is 12.1 Å². The minimum absolute atomic E-state index is 0.0939. The number of anilines is 1. The van der Waals surface area contributed by atoms with Gasteiger partial charge in [-0.15, -0.1) is 0 Å². The Morgan fingerprint density at radius 2 is 1.75 bits per heavy atom. The number of thioether (sulfide) groups is 1. The highest BCUT2D eigenvalue weighted by Crippen LogP contribution is 2.36. The van der Waals surface area contributed by atoms with Crippen LogP contribution < -0.4 is 5.32 Å². The largest absolute Gasteiger partial charge is 0.446 e. The first kappa shape index (κ1) is 13.2. The number of benzene rings is 1. The highest BCUT2D eigenvalue weighted by atomic mass is 32.2. The van der Waals surface area contributed by atoms with Crippen molar-refractivity contribution in [3.8, 4) is 0 Å². The second-order valence-corrected chi connectivity index (χ2v) is 4.99. The van der Waals surface area contributed by atoms with Crippen molar-refractivity contribution in [2.75, 3.05) is 11.9 Å². The van der Waals surface area contributed by atoms with E-state index in [1.54, 1.807) is 12.1 Å². The first-order valence-electron chi connectivity index (χ1n) is 4.96. The molecule has 0 aliphatic heterocycles. The maximum atomic E-state index is 12.0. The summed E-state index contributed by atoms with van der Waals surface area (Å²) in [6, 6.07) is 6.27. The van der Waals surface area contributed by atoms with Crippen LogP contribution >= 0.6 is 11.8 Å². The SMILES string of the molecule is CC(C)CNc1ccc(SC(F)(F)F)cc1. The predicted octanol–water partition coefficient (Wildman–Crippen LogP) is 4.37. The summed E-state index contributed by atoms with van der Waals surface area (Å²) in [4.78, 5) is 0.211.